The maximum Gasteiger partial charge on any atom is 0.228 e. The summed E-state index contributed by atoms with van der Waals surface area (Å²) >= 11 is 0. The molecule has 2 aromatic rings. The number of nitrogens with zero attached hydrogens (tertiary/aromatic N) is 5. The second kappa shape index (κ2) is 7.17. The maximum absolute atomic E-state index is 13.2. The Morgan fingerprint density at radius 2 is 2.08 bits per heavy atom. The Balaban J connectivity index is 1.46. The highest BCUT2D eigenvalue weighted by atomic mass is 16.2. The minimum Gasteiger partial charge on any atom is -0.355 e. The summed E-state index contributed by atoms with van der Waals surface area (Å²) in [5, 5.41) is 0. The van der Waals surface area contributed by atoms with Crippen LogP contribution in [0.1, 0.15) is 31.4 Å². The third kappa shape index (κ3) is 3.78. The summed E-state index contributed by atoms with van der Waals surface area (Å²) in [4.78, 5) is 30.4. The first-order valence-electron chi connectivity index (χ1n) is 9.02. The molecule has 0 N–H and O–H groups in total. The van der Waals surface area contributed by atoms with E-state index in [0.29, 0.717) is 12.6 Å². The molecule has 130 valence electrons. The summed E-state index contributed by atoms with van der Waals surface area (Å²) in [5.74, 6) is 1.16. The van der Waals surface area contributed by atoms with Gasteiger partial charge in [-0.1, -0.05) is 6.07 Å². The summed E-state index contributed by atoms with van der Waals surface area (Å²) < 4.78 is 0. The normalized spacial score (nSPS) is 20.3. The van der Waals surface area contributed by atoms with E-state index in [2.05, 4.69) is 19.9 Å². The molecule has 3 heterocycles. The topological polar surface area (TPSA) is 62.2 Å². The lowest BCUT2D eigenvalue weighted by Crippen LogP contribution is -2.45. The summed E-state index contributed by atoms with van der Waals surface area (Å²) in [7, 11) is 0. The van der Waals surface area contributed by atoms with Gasteiger partial charge in [-0.25, -0.2) is 4.98 Å². The van der Waals surface area contributed by atoms with E-state index in [-0.39, 0.29) is 11.8 Å². The molecule has 2 aliphatic rings. The van der Waals surface area contributed by atoms with Crippen LogP contribution in [-0.4, -0.2) is 44.9 Å². The molecule has 0 aromatic carbocycles. The van der Waals surface area contributed by atoms with E-state index < -0.39 is 0 Å². The van der Waals surface area contributed by atoms with Crippen LogP contribution in [-0.2, 0) is 11.3 Å². The van der Waals surface area contributed by atoms with Crippen molar-refractivity contribution in [2.24, 2.45) is 5.92 Å². The molecule has 1 amide bonds. The van der Waals surface area contributed by atoms with Gasteiger partial charge in [-0.3, -0.25) is 14.8 Å². The van der Waals surface area contributed by atoms with Gasteiger partial charge >= 0.3 is 0 Å². The molecular weight excluding hydrogens is 314 g/mol. The molecular formula is C19H23N5O. The zero-order valence-electron chi connectivity index (χ0n) is 14.3. The van der Waals surface area contributed by atoms with Crippen molar-refractivity contribution in [3.63, 3.8) is 0 Å². The zero-order chi connectivity index (χ0) is 17.1. The number of hydrogen-bond acceptors (Lipinski definition) is 5. The number of anilines is 1. The van der Waals surface area contributed by atoms with Crippen LogP contribution in [0.4, 0.5) is 5.82 Å². The minimum absolute atomic E-state index is 0.0278. The van der Waals surface area contributed by atoms with Gasteiger partial charge in [0.1, 0.15) is 5.82 Å². The molecule has 0 bridgehead atoms. The van der Waals surface area contributed by atoms with Gasteiger partial charge in [0.2, 0.25) is 5.91 Å². The van der Waals surface area contributed by atoms with E-state index in [0.717, 1.165) is 50.3 Å². The largest absolute Gasteiger partial charge is 0.355 e. The Bertz CT molecular complexity index is 704. The average molecular weight is 337 g/mol. The highest BCUT2D eigenvalue weighted by molar-refractivity contribution is 5.80. The number of aromatic nitrogens is 3. The third-order valence-corrected chi connectivity index (χ3v) is 4.97. The zero-order valence-corrected chi connectivity index (χ0v) is 14.3. The van der Waals surface area contributed by atoms with Crippen LogP contribution in [0.2, 0.25) is 0 Å². The Morgan fingerprint density at radius 1 is 1.16 bits per heavy atom. The van der Waals surface area contributed by atoms with Crippen molar-refractivity contribution >= 4 is 11.7 Å². The van der Waals surface area contributed by atoms with Gasteiger partial charge in [0, 0.05) is 37.7 Å². The van der Waals surface area contributed by atoms with Crippen molar-refractivity contribution in [1.82, 2.24) is 19.9 Å². The first-order valence-corrected chi connectivity index (χ1v) is 9.02. The van der Waals surface area contributed by atoms with Gasteiger partial charge in [0.15, 0.2) is 0 Å². The first-order chi connectivity index (χ1) is 12.3. The molecule has 4 rings (SSSR count). The van der Waals surface area contributed by atoms with Gasteiger partial charge in [-0.2, -0.15) is 0 Å². The standard InChI is InChI=1S/C19H23N5O/c25-19(24(17-6-7-17)14-16-5-1-2-8-21-16)15-4-3-11-23(13-15)18-12-20-9-10-22-18/h1-2,5,8-10,12,15,17H,3-4,6-7,11,13-14H2/t15-/m1/s1. The van der Waals surface area contributed by atoms with Crippen LogP contribution >= 0.6 is 0 Å². The van der Waals surface area contributed by atoms with Gasteiger partial charge in [0.05, 0.1) is 24.4 Å². The minimum atomic E-state index is 0.0278. The lowest BCUT2D eigenvalue weighted by atomic mass is 9.96. The van der Waals surface area contributed by atoms with Crippen molar-refractivity contribution in [2.45, 2.75) is 38.3 Å². The fourth-order valence-electron chi connectivity index (χ4n) is 3.52. The number of rotatable bonds is 5. The van der Waals surface area contributed by atoms with E-state index in [9.17, 15) is 4.79 Å². The average Bonchev–Trinajstić information content (AvgIpc) is 3.52. The lowest BCUT2D eigenvalue weighted by molar-refractivity contribution is -0.137. The molecule has 25 heavy (non-hydrogen) atoms. The Hall–Kier alpha value is -2.50. The molecule has 1 saturated carbocycles. The Kier molecular flexibility index (Phi) is 4.59. The van der Waals surface area contributed by atoms with Crippen molar-refractivity contribution in [2.75, 3.05) is 18.0 Å². The molecule has 2 fully saturated rings. The Morgan fingerprint density at radius 3 is 2.80 bits per heavy atom. The fraction of sp³-hybridized carbons (Fsp3) is 0.474. The van der Waals surface area contributed by atoms with Crippen molar-refractivity contribution in [3.8, 4) is 0 Å². The molecule has 2 aromatic heterocycles. The van der Waals surface area contributed by atoms with E-state index in [1.54, 1.807) is 24.8 Å². The smallest absolute Gasteiger partial charge is 0.228 e. The maximum atomic E-state index is 13.2. The predicted molar refractivity (Wildman–Crippen MR) is 94.8 cm³/mol. The first kappa shape index (κ1) is 16.0. The molecule has 1 saturated heterocycles. The van der Waals surface area contributed by atoms with Crippen LogP contribution in [0.3, 0.4) is 0 Å². The number of amides is 1. The number of carbonyl (C=O) groups is 1. The fourth-order valence-corrected chi connectivity index (χ4v) is 3.52. The lowest BCUT2D eigenvalue weighted by Gasteiger charge is -2.35. The second-order valence-electron chi connectivity index (χ2n) is 6.87. The summed E-state index contributed by atoms with van der Waals surface area (Å²) in [6.07, 6.45) is 11.1. The molecule has 0 radical (unpaired) electrons. The third-order valence-electron chi connectivity index (χ3n) is 4.97. The second-order valence-corrected chi connectivity index (χ2v) is 6.87. The molecule has 1 aliphatic heterocycles. The van der Waals surface area contributed by atoms with Crippen LogP contribution in [0.5, 0.6) is 0 Å². The van der Waals surface area contributed by atoms with E-state index in [1.165, 1.54) is 0 Å². The number of piperidine rings is 1. The molecule has 1 aliphatic carbocycles. The van der Waals surface area contributed by atoms with Crippen molar-refractivity contribution in [3.05, 3.63) is 48.7 Å². The highest BCUT2D eigenvalue weighted by Crippen LogP contribution is 2.31. The Labute approximate surface area is 147 Å². The number of pyridine rings is 1. The molecule has 0 unspecified atom stereocenters. The van der Waals surface area contributed by atoms with Crippen LogP contribution in [0.15, 0.2) is 43.0 Å². The highest BCUT2D eigenvalue weighted by Gasteiger charge is 2.37. The van der Waals surface area contributed by atoms with E-state index in [4.69, 9.17) is 0 Å². The van der Waals surface area contributed by atoms with Gasteiger partial charge in [-0.05, 0) is 37.8 Å². The molecule has 6 nitrogen and oxygen atoms in total. The summed E-state index contributed by atoms with van der Waals surface area (Å²) in [5.41, 5.74) is 0.962. The van der Waals surface area contributed by atoms with E-state index >= 15 is 0 Å². The quantitative estimate of drug-likeness (QED) is 0.838. The SMILES string of the molecule is O=C([C@@H]1CCCN(c2cnccn2)C1)N(Cc1ccccn1)C1CC1. The monoisotopic (exact) mass is 337 g/mol. The summed E-state index contributed by atoms with van der Waals surface area (Å²) in [6, 6.07) is 6.28. The predicted octanol–water partition coefficient (Wildman–Crippen LogP) is 2.28. The van der Waals surface area contributed by atoms with Crippen LogP contribution < -0.4 is 4.90 Å². The van der Waals surface area contributed by atoms with Gasteiger partial charge < -0.3 is 9.80 Å². The van der Waals surface area contributed by atoms with Gasteiger partial charge in [0.25, 0.3) is 0 Å². The molecule has 1 atom stereocenters. The summed E-state index contributed by atoms with van der Waals surface area (Å²) in [6.45, 7) is 2.28. The molecule has 0 spiro atoms. The number of hydrogen-bond donors (Lipinski definition) is 0. The van der Waals surface area contributed by atoms with Crippen molar-refractivity contribution in [1.29, 1.82) is 0 Å². The molecule has 6 heteroatoms. The van der Waals surface area contributed by atoms with Crippen LogP contribution in [0, 0.1) is 5.92 Å². The van der Waals surface area contributed by atoms with E-state index in [1.807, 2.05) is 23.1 Å². The van der Waals surface area contributed by atoms with Gasteiger partial charge in [-0.15, -0.1) is 0 Å². The van der Waals surface area contributed by atoms with Crippen molar-refractivity contribution < 1.29 is 4.79 Å². The van der Waals surface area contributed by atoms with Crippen LogP contribution in [0.25, 0.3) is 0 Å². The number of carbonyl (C=O) groups excluding carboxylic acids is 1.